The van der Waals surface area contributed by atoms with E-state index in [-0.39, 0.29) is 36.6 Å². The Morgan fingerprint density at radius 1 is 1.47 bits per heavy atom. The molecule has 1 rings (SSSR count). The van der Waals surface area contributed by atoms with E-state index in [1.807, 2.05) is 6.92 Å². The van der Waals surface area contributed by atoms with Gasteiger partial charge in [-0.2, -0.15) is 0 Å². The van der Waals surface area contributed by atoms with Crippen LogP contribution in [-0.4, -0.2) is 54.4 Å². The Labute approximate surface area is 114 Å². The van der Waals surface area contributed by atoms with E-state index in [1.54, 1.807) is 7.05 Å². The molecular formula is C13H24N2O4. The second kappa shape index (κ2) is 6.23. The predicted molar refractivity (Wildman–Crippen MR) is 71.0 cm³/mol. The van der Waals surface area contributed by atoms with Crippen molar-refractivity contribution in [2.45, 2.75) is 45.8 Å². The van der Waals surface area contributed by atoms with Crippen LogP contribution >= 0.6 is 0 Å². The van der Waals surface area contributed by atoms with Gasteiger partial charge < -0.3 is 20.1 Å². The first-order chi connectivity index (χ1) is 8.78. The minimum absolute atomic E-state index is 0.0421. The minimum atomic E-state index is -0.903. The van der Waals surface area contributed by atoms with Crippen molar-refractivity contribution in [3.05, 3.63) is 0 Å². The highest BCUT2D eigenvalue weighted by molar-refractivity contribution is 5.75. The Balaban J connectivity index is 2.40. The topological polar surface area (TPSA) is 78.9 Å². The zero-order chi connectivity index (χ0) is 14.6. The van der Waals surface area contributed by atoms with Crippen LogP contribution in [0.3, 0.4) is 0 Å². The maximum absolute atomic E-state index is 11.9. The molecule has 110 valence electrons. The predicted octanol–water partition coefficient (Wildman–Crippen LogP) is 1.31. The van der Waals surface area contributed by atoms with Crippen LogP contribution in [0.4, 0.5) is 4.79 Å². The van der Waals surface area contributed by atoms with E-state index in [0.29, 0.717) is 6.61 Å². The molecule has 6 heteroatoms. The first kappa shape index (κ1) is 15.8. The van der Waals surface area contributed by atoms with E-state index in [4.69, 9.17) is 9.84 Å². The lowest BCUT2D eigenvalue weighted by Crippen LogP contribution is -2.63. The Bertz CT molecular complexity index is 344. The molecule has 0 aliphatic heterocycles. The Morgan fingerprint density at radius 2 is 2.11 bits per heavy atom. The number of nitrogens with zero attached hydrogens (tertiary/aromatic N) is 1. The number of urea groups is 1. The van der Waals surface area contributed by atoms with Gasteiger partial charge >= 0.3 is 12.0 Å². The van der Waals surface area contributed by atoms with Gasteiger partial charge in [0.1, 0.15) is 0 Å². The summed E-state index contributed by atoms with van der Waals surface area (Å²) >= 11 is 0. The van der Waals surface area contributed by atoms with Crippen LogP contribution in [0, 0.1) is 5.41 Å². The molecular weight excluding hydrogens is 248 g/mol. The fraction of sp³-hybridized carbons (Fsp3) is 0.846. The van der Waals surface area contributed by atoms with Crippen molar-refractivity contribution in [3.8, 4) is 0 Å². The third-order valence-corrected chi connectivity index (χ3v) is 3.85. The van der Waals surface area contributed by atoms with Crippen LogP contribution in [0.2, 0.25) is 0 Å². The maximum Gasteiger partial charge on any atom is 0.317 e. The van der Waals surface area contributed by atoms with Crippen LogP contribution in [0.15, 0.2) is 0 Å². The monoisotopic (exact) mass is 272 g/mol. The summed E-state index contributed by atoms with van der Waals surface area (Å²) in [5, 5.41) is 11.5. The van der Waals surface area contributed by atoms with Gasteiger partial charge in [-0.15, -0.1) is 0 Å². The van der Waals surface area contributed by atoms with Crippen molar-refractivity contribution in [2.75, 3.05) is 20.2 Å². The van der Waals surface area contributed by atoms with Crippen molar-refractivity contribution in [1.82, 2.24) is 10.2 Å². The maximum atomic E-state index is 11.9. The van der Waals surface area contributed by atoms with Crippen LogP contribution in [0.1, 0.15) is 33.6 Å². The molecule has 0 aromatic carbocycles. The number of aliphatic carboxylic acids is 1. The number of hydrogen-bond acceptors (Lipinski definition) is 3. The molecule has 0 saturated heterocycles. The van der Waals surface area contributed by atoms with Crippen molar-refractivity contribution < 1.29 is 19.4 Å². The van der Waals surface area contributed by atoms with Crippen molar-refractivity contribution in [2.24, 2.45) is 5.41 Å². The van der Waals surface area contributed by atoms with Gasteiger partial charge in [-0.05, 0) is 13.3 Å². The zero-order valence-corrected chi connectivity index (χ0v) is 12.1. The van der Waals surface area contributed by atoms with E-state index < -0.39 is 5.97 Å². The quantitative estimate of drug-likeness (QED) is 0.764. The Hall–Kier alpha value is -1.30. The summed E-state index contributed by atoms with van der Waals surface area (Å²) < 4.78 is 5.60. The fourth-order valence-corrected chi connectivity index (χ4v) is 2.24. The van der Waals surface area contributed by atoms with Gasteiger partial charge in [0.2, 0.25) is 0 Å². The molecule has 1 fully saturated rings. The molecule has 0 spiro atoms. The first-order valence-corrected chi connectivity index (χ1v) is 6.64. The summed E-state index contributed by atoms with van der Waals surface area (Å²) in [7, 11) is 1.60. The number of nitrogens with one attached hydrogen (secondary N) is 1. The molecule has 2 amide bonds. The first-order valence-electron chi connectivity index (χ1n) is 6.64. The molecule has 2 N–H and O–H groups in total. The van der Waals surface area contributed by atoms with E-state index >= 15 is 0 Å². The number of carbonyl (C=O) groups is 2. The van der Waals surface area contributed by atoms with Crippen molar-refractivity contribution >= 4 is 12.0 Å². The summed E-state index contributed by atoms with van der Waals surface area (Å²) in [4.78, 5) is 23.8. The molecule has 1 aliphatic carbocycles. The molecule has 2 atom stereocenters. The summed E-state index contributed by atoms with van der Waals surface area (Å²) in [6.07, 6.45) is 0.936. The number of amides is 2. The Morgan fingerprint density at radius 3 is 2.58 bits per heavy atom. The molecule has 0 bridgehead atoms. The number of carboxylic acid groups (broad SMARTS) is 1. The summed E-state index contributed by atoms with van der Waals surface area (Å²) in [5.74, 6) is -0.903. The third-order valence-electron chi connectivity index (χ3n) is 3.85. The SMILES string of the molecule is CCOC1CC(NC(=O)N(C)CCC(=O)O)C1(C)C. The van der Waals surface area contributed by atoms with Gasteiger partial charge in [-0.25, -0.2) is 4.79 Å². The molecule has 2 unspecified atom stereocenters. The van der Waals surface area contributed by atoms with Gasteiger partial charge in [0.25, 0.3) is 0 Å². The lowest BCUT2D eigenvalue weighted by Gasteiger charge is -2.51. The van der Waals surface area contributed by atoms with Gasteiger partial charge in [0.05, 0.1) is 12.5 Å². The van der Waals surface area contributed by atoms with E-state index in [9.17, 15) is 9.59 Å². The highest BCUT2D eigenvalue weighted by atomic mass is 16.5. The average molecular weight is 272 g/mol. The number of carbonyl (C=O) groups excluding carboxylic acids is 1. The number of hydrogen-bond donors (Lipinski definition) is 2. The number of rotatable bonds is 6. The van der Waals surface area contributed by atoms with Crippen LogP contribution in [-0.2, 0) is 9.53 Å². The Kier molecular flexibility index (Phi) is 5.17. The molecule has 0 aromatic rings. The van der Waals surface area contributed by atoms with Crippen molar-refractivity contribution in [1.29, 1.82) is 0 Å². The second-order valence-corrected chi connectivity index (χ2v) is 5.57. The highest BCUT2D eigenvalue weighted by Gasteiger charge is 2.49. The van der Waals surface area contributed by atoms with Gasteiger partial charge in [-0.3, -0.25) is 4.79 Å². The van der Waals surface area contributed by atoms with Crippen LogP contribution in [0.25, 0.3) is 0 Å². The van der Waals surface area contributed by atoms with Crippen molar-refractivity contribution in [3.63, 3.8) is 0 Å². The van der Waals surface area contributed by atoms with E-state index in [2.05, 4.69) is 19.2 Å². The van der Waals surface area contributed by atoms with E-state index in [1.165, 1.54) is 4.90 Å². The number of carboxylic acids is 1. The van der Waals surface area contributed by atoms with Crippen LogP contribution in [0.5, 0.6) is 0 Å². The standard InChI is InChI=1S/C13H24N2O4/c1-5-19-10-8-9(13(10,2)3)14-12(18)15(4)7-6-11(16)17/h9-10H,5-8H2,1-4H3,(H,14,18)(H,16,17). The lowest BCUT2D eigenvalue weighted by molar-refractivity contribution is -0.137. The highest BCUT2D eigenvalue weighted by Crippen LogP contribution is 2.42. The van der Waals surface area contributed by atoms with Gasteiger partial charge in [0.15, 0.2) is 0 Å². The molecule has 0 radical (unpaired) electrons. The zero-order valence-electron chi connectivity index (χ0n) is 12.1. The van der Waals surface area contributed by atoms with Gasteiger partial charge in [0, 0.05) is 31.7 Å². The molecule has 0 aromatic heterocycles. The summed E-state index contributed by atoms with van der Waals surface area (Å²) in [5.41, 5.74) is -0.0840. The fourth-order valence-electron chi connectivity index (χ4n) is 2.24. The minimum Gasteiger partial charge on any atom is -0.481 e. The molecule has 1 aliphatic rings. The molecule has 0 heterocycles. The molecule has 19 heavy (non-hydrogen) atoms. The molecule has 1 saturated carbocycles. The van der Waals surface area contributed by atoms with E-state index in [0.717, 1.165) is 6.42 Å². The third kappa shape index (κ3) is 3.83. The normalized spacial score (nSPS) is 24.4. The lowest BCUT2D eigenvalue weighted by atomic mass is 9.64. The summed E-state index contributed by atoms with van der Waals surface area (Å²) in [6.45, 7) is 6.98. The molecule has 6 nitrogen and oxygen atoms in total. The number of ether oxygens (including phenoxy) is 1. The summed E-state index contributed by atoms with van der Waals surface area (Å²) in [6, 6.07) is -0.155. The largest absolute Gasteiger partial charge is 0.481 e. The van der Waals surface area contributed by atoms with Crippen LogP contribution < -0.4 is 5.32 Å². The second-order valence-electron chi connectivity index (χ2n) is 5.57. The van der Waals surface area contributed by atoms with Gasteiger partial charge in [-0.1, -0.05) is 13.8 Å². The average Bonchev–Trinajstić information content (AvgIpc) is 2.34. The smallest absolute Gasteiger partial charge is 0.317 e.